The van der Waals surface area contributed by atoms with E-state index in [0.717, 1.165) is 43.1 Å². The van der Waals surface area contributed by atoms with Crippen LogP contribution in [0.5, 0.6) is 11.5 Å². The first-order valence-corrected chi connectivity index (χ1v) is 16.0. The van der Waals surface area contributed by atoms with Crippen LogP contribution in [-0.2, 0) is 26.2 Å². The average Bonchev–Trinajstić information content (AvgIpc) is 3.40. The zero-order chi connectivity index (χ0) is 28.7. The SMILES string of the molecule is CCC(C(=O)NC1CCCCC1)N(Cc1ccc(C)cc1)C(=O)CCCN(c1ccc2c(c1)OCO2)S(C)(=O)=O. The van der Waals surface area contributed by atoms with Gasteiger partial charge in [0.15, 0.2) is 11.5 Å². The van der Waals surface area contributed by atoms with E-state index in [0.29, 0.717) is 36.6 Å². The highest BCUT2D eigenvalue weighted by molar-refractivity contribution is 7.92. The summed E-state index contributed by atoms with van der Waals surface area (Å²) < 4.78 is 37.3. The summed E-state index contributed by atoms with van der Waals surface area (Å²) in [7, 11) is -3.61. The summed E-state index contributed by atoms with van der Waals surface area (Å²) in [5.41, 5.74) is 2.52. The molecule has 2 aromatic rings. The molecule has 0 bridgehead atoms. The van der Waals surface area contributed by atoms with E-state index >= 15 is 0 Å². The van der Waals surface area contributed by atoms with Crippen molar-refractivity contribution in [2.75, 3.05) is 23.9 Å². The van der Waals surface area contributed by atoms with E-state index in [9.17, 15) is 18.0 Å². The molecule has 9 nitrogen and oxygen atoms in total. The number of nitrogens with one attached hydrogen (secondary N) is 1. The number of benzene rings is 2. The van der Waals surface area contributed by atoms with Crippen molar-refractivity contribution in [3.8, 4) is 11.5 Å². The molecule has 0 aromatic heterocycles. The number of ether oxygens (including phenoxy) is 2. The van der Waals surface area contributed by atoms with Gasteiger partial charge < -0.3 is 19.7 Å². The molecule has 40 heavy (non-hydrogen) atoms. The lowest BCUT2D eigenvalue weighted by Crippen LogP contribution is -2.51. The van der Waals surface area contributed by atoms with Crippen molar-refractivity contribution in [3.05, 3.63) is 53.6 Å². The molecule has 218 valence electrons. The van der Waals surface area contributed by atoms with Gasteiger partial charge in [-0.15, -0.1) is 0 Å². The summed E-state index contributed by atoms with van der Waals surface area (Å²) in [5.74, 6) is 0.760. The highest BCUT2D eigenvalue weighted by Crippen LogP contribution is 2.36. The number of aryl methyl sites for hydroxylation is 1. The maximum atomic E-state index is 13.7. The number of nitrogens with zero attached hydrogens (tertiary/aromatic N) is 2. The Morgan fingerprint density at radius 3 is 2.40 bits per heavy atom. The maximum absolute atomic E-state index is 13.7. The Labute approximate surface area is 237 Å². The van der Waals surface area contributed by atoms with Crippen molar-refractivity contribution in [3.63, 3.8) is 0 Å². The highest BCUT2D eigenvalue weighted by Gasteiger charge is 2.30. The zero-order valence-electron chi connectivity index (χ0n) is 23.7. The minimum atomic E-state index is -3.61. The third-order valence-corrected chi connectivity index (χ3v) is 8.80. The lowest BCUT2D eigenvalue weighted by atomic mass is 9.95. The van der Waals surface area contributed by atoms with E-state index in [4.69, 9.17) is 9.47 Å². The number of hydrogen-bond acceptors (Lipinski definition) is 6. The van der Waals surface area contributed by atoms with Crippen LogP contribution in [0.1, 0.15) is 69.4 Å². The molecule has 1 heterocycles. The van der Waals surface area contributed by atoms with E-state index < -0.39 is 16.1 Å². The lowest BCUT2D eigenvalue weighted by Gasteiger charge is -2.33. The van der Waals surface area contributed by atoms with Crippen molar-refractivity contribution in [2.45, 2.75) is 83.8 Å². The summed E-state index contributed by atoms with van der Waals surface area (Å²) in [6.07, 6.45) is 7.38. The van der Waals surface area contributed by atoms with E-state index in [-0.39, 0.29) is 37.6 Å². The van der Waals surface area contributed by atoms with Crippen molar-refractivity contribution >= 4 is 27.5 Å². The third kappa shape index (κ3) is 7.68. The molecule has 0 radical (unpaired) electrons. The Balaban J connectivity index is 1.47. The fourth-order valence-corrected chi connectivity index (χ4v) is 6.36. The summed E-state index contributed by atoms with van der Waals surface area (Å²) in [5, 5.41) is 3.19. The Morgan fingerprint density at radius 1 is 1.02 bits per heavy atom. The lowest BCUT2D eigenvalue weighted by molar-refractivity contribution is -0.141. The van der Waals surface area contributed by atoms with Gasteiger partial charge >= 0.3 is 0 Å². The van der Waals surface area contributed by atoms with Gasteiger partial charge in [0.2, 0.25) is 28.6 Å². The second kappa shape index (κ2) is 13.4. The molecule has 0 saturated heterocycles. The van der Waals surface area contributed by atoms with E-state index in [2.05, 4.69) is 5.32 Å². The molecular weight excluding hydrogens is 530 g/mol. The molecule has 1 N–H and O–H groups in total. The summed E-state index contributed by atoms with van der Waals surface area (Å²) in [6.45, 7) is 4.45. The molecule has 2 aromatic carbocycles. The molecule has 2 aliphatic rings. The normalized spacial score (nSPS) is 15.9. The second-order valence-corrected chi connectivity index (χ2v) is 12.7. The van der Waals surface area contributed by atoms with Crippen molar-refractivity contribution in [1.29, 1.82) is 0 Å². The molecule has 1 aliphatic carbocycles. The molecule has 1 saturated carbocycles. The fourth-order valence-electron chi connectivity index (χ4n) is 5.40. The smallest absolute Gasteiger partial charge is 0.243 e. The molecule has 1 unspecified atom stereocenters. The minimum absolute atomic E-state index is 0.0932. The molecule has 4 rings (SSSR count). The minimum Gasteiger partial charge on any atom is -0.454 e. The van der Waals surface area contributed by atoms with Crippen LogP contribution >= 0.6 is 0 Å². The van der Waals surface area contributed by atoms with Gasteiger partial charge in [0, 0.05) is 31.6 Å². The average molecular weight is 572 g/mol. The van der Waals surface area contributed by atoms with E-state index in [1.54, 1.807) is 23.1 Å². The topological polar surface area (TPSA) is 105 Å². The van der Waals surface area contributed by atoms with Gasteiger partial charge in [-0.1, -0.05) is 56.0 Å². The van der Waals surface area contributed by atoms with Gasteiger partial charge in [0.05, 0.1) is 11.9 Å². The van der Waals surface area contributed by atoms with Gasteiger partial charge in [0.25, 0.3) is 0 Å². The molecule has 1 fully saturated rings. The Morgan fingerprint density at radius 2 is 1.73 bits per heavy atom. The van der Waals surface area contributed by atoms with E-state index in [1.807, 2.05) is 38.1 Å². The van der Waals surface area contributed by atoms with Crippen LogP contribution in [0.15, 0.2) is 42.5 Å². The largest absolute Gasteiger partial charge is 0.454 e. The van der Waals surface area contributed by atoms with Crippen LogP contribution in [0, 0.1) is 6.92 Å². The van der Waals surface area contributed by atoms with E-state index in [1.165, 1.54) is 10.7 Å². The van der Waals surface area contributed by atoms with Gasteiger partial charge in [-0.25, -0.2) is 8.42 Å². The second-order valence-electron chi connectivity index (χ2n) is 10.8. The standard InChI is InChI=1S/C30H41N3O6S/c1-4-26(30(35)31-24-9-6-5-7-10-24)32(20-23-14-12-22(2)13-15-23)29(34)11-8-18-33(40(3,36)37)25-16-17-27-28(19-25)39-21-38-27/h12-17,19,24,26H,4-11,18,20-21H2,1-3H3,(H,31,35). The number of carbonyl (C=O) groups is 2. The zero-order valence-corrected chi connectivity index (χ0v) is 24.5. The van der Waals surface area contributed by atoms with Crippen molar-refractivity contribution in [1.82, 2.24) is 10.2 Å². The van der Waals surface area contributed by atoms with Gasteiger partial charge in [-0.3, -0.25) is 13.9 Å². The summed E-state index contributed by atoms with van der Waals surface area (Å²) in [6, 6.07) is 12.5. The number of sulfonamides is 1. The highest BCUT2D eigenvalue weighted by atomic mass is 32.2. The molecule has 1 aliphatic heterocycles. The predicted molar refractivity (Wildman–Crippen MR) is 155 cm³/mol. The number of anilines is 1. The van der Waals surface area contributed by atoms with Crippen LogP contribution in [0.2, 0.25) is 0 Å². The molecular formula is C30H41N3O6S. The van der Waals surface area contributed by atoms with Crippen LogP contribution in [-0.4, -0.2) is 56.8 Å². The first-order valence-electron chi connectivity index (χ1n) is 14.2. The summed E-state index contributed by atoms with van der Waals surface area (Å²) >= 11 is 0. The van der Waals surface area contributed by atoms with Gasteiger partial charge in [0.1, 0.15) is 6.04 Å². The number of hydrogen-bond donors (Lipinski definition) is 1. The van der Waals surface area contributed by atoms with Crippen LogP contribution < -0.4 is 19.1 Å². The van der Waals surface area contributed by atoms with Crippen LogP contribution in [0.4, 0.5) is 5.69 Å². The summed E-state index contributed by atoms with van der Waals surface area (Å²) in [4.78, 5) is 28.7. The Kier molecular flexibility index (Phi) is 9.95. The Bertz CT molecular complexity index is 1270. The van der Waals surface area contributed by atoms with Crippen molar-refractivity contribution < 1.29 is 27.5 Å². The number of rotatable bonds is 12. The quantitative estimate of drug-likeness (QED) is 0.402. The van der Waals surface area contributed by atoms with Crippen molar-refractivity contribution in [2.24, 2.45) is 0 Å². The van der Waals surface area contributed by atoms with Crippen LogP contribution in [0.25, 0.3) is 0 Å². The monoisotopic (exact) mass is 571 g/mol. The number of carbonyl (C=O) groups excluding carboxylic acids is 2. The first-order chi connectivity index (χ1) is 19.2. The molecule has 10 heteroatoms. The molecule has 1 atom stereocenters. The Hall–Kier alpha value is -3.27. The molecule has 2 amide bonds. The maximum Gasteiger partial charge on any atom is 0.243 e. The van der Waals surface area contributed by atoms with Crippen LogP contribution in [0.3, 0.4) is 0 Å². The van der Waals surface area contributed by atoms with Gasteiger partial charge in [-0.2, -0.15) is 0 Å². The number of amides is 2. The third-order valence-electron chi connectivity index (χ3n) is 7.61. The number of fused-ring (bicyclic) bond motifs is 1. The van der Waals surface area contributed by atoms with Gasteiger partial charge in [-0.05, 0) is 50.3 Å². The first kappa shape index (κ1) is 29.7. The molecule has 0 spiro atoms. The predicted octanol–water partition coefficient (Wildman–Crippen LogP) is 4.53. The fraction of sp³-hybridized carbons (Fsp3) is 0.533.